The van der Waals surface area contributed by atoms with Crippen LogP contribution in [0, 0.1) is 0 Å². The molecule has 1 aliphatic carbocycles. The Kier molecular flexibility index (Phi) is 5.49. The molecule has 1 aliphatic rings. The van der Waals surface area contributed by atoms with Crippen molar-refractivity contribution in [3.8, 4) is 0 Å². The normalized spacial score (nSPS) is 13.8. The number of esters is 1. The maximum atomic E-state index is 12.0. The molecule has 1 atom stereocenters. The molecule has 0 aliphatic heterocycles. The molecule has 3 rings (SSSR count). The van der Waals surface area contributed by atoms with E-state index in [1.807, 2.05) is 43.3 Å². The SMILES string of the molecule is C[C@@H](NC(=O)COC(=O)Cc1ccc2c(c1)CCC2)c1ccccc1. The number of fused-ring (bicyclic) bond motifs is 1. The molecule has 2 aromatic rings. The van der Waals surface area contributed by atoms with Crippen molar-refractivity contribution in [3.63, 3.8) is 0 Å². The highest BCUT2D eigenvalue weighted by molar-refractivity contribution is 5.81. The van der Waals surface area contributed by atoms with E-state index in [9.17, 15) is 9.59 Å². The minimum absolute atomic E-state index is 0.121. The Labute approximate surface area is 148 Å². The molecule has 0 fully saturated rings. The Hall–Kier alpha value is -2.62. The van der Waals surface area contributed by atoms with Crippen LogP contribution in [-0.2, 0) is 33.6 Å². The Morgan fingerprint density at radius 3 is 2.64 bits per heavy atom. The number of hydrogen-bond acceptors (Lipinski definition) is 3. The second-order valence-corrected chi connectivity index (χ2v) is 6.49. The van der Waals surface area contributed by atoms with Gasteiger partial charge in [0.05, 0.1) is 12.5 Å². The molecule has 130 valence electrons. The van der Waals surface area contributed by atoms with E-state index in [0.717, 1.165) is 24.0 Å². The van der Waals surface area contributed by atoms with Crippen molar-refractivity contribution in [1.29, 1.82) is 0 Å². The van der Waals surface area contributed by atoms with Crippen LogP contribution in [0.1, 0.15) is 41.6 Å². The maximum absolute atomic E-state index is 12.0. The summed E-state index contributed by atoms with van der Waals surface area (Å²) < 4.78 is 5.11. The number of carbonyl (C=O) groups excluding carboxylic acids is 2. The molecule has 2 aromatic carbocycles. The second kappa shape index (κ2) is 7.97. The van der Waals surface area contributed by atoms with Gasteiger partial charge in [-0.1, -0.05) is 48.5 Å². The molecule has 0 aromatic heterocycles. The van der Waals surface area contributed by atoms with Crippen LogP contribution in [0.15, 0.2) is 48.5 Å². The zero-order chi connectivity index (χ0) is 17.6. The first kappa shape index (κ1) is 17.2. The summed E-state index contributed by atoms with van der Waals surface area (Å²) in [4.78, 5) is 23.9. The second-order valence-electron chi connectivity index (χ2n) is 6.49. The number of rotatable bonds is 6. The molecule has 0 heterocycles. The van der Waals surface area contributed by atoms with Gasteiger partial charge in [0.2, 0.25) is 0 Å². The van der Waals surface area contributed by atoms with Crippen molar-refractivity contribution in [1.82, 2.24) is 5.32 Å². The predicted octanol–water partition coefficient (Wildman–Crippen LogP) is 3.14. The van der Waals surface area contributed by atoms with E-state index in [-0.39, 0.29) is 30.9 Å². The fourth-order valence-electron chi connectivity index (χ4n) is 3.21. The monoisotopic (exact) mass is 337 g/mol. The lowest BCUT2D eigenvalue weighted by Gasteiger charge is -2.14. The van der Waals surface area contributed by atoms with Gasteiger partial charge in [-0.15, -0.1) is 0 Å². The van der Waals surface area contributed by atoms with Gasteiger partial charge in [0.1, 0.15) is 0 Å². The van der Waals surface area contributed by atoms with Crippen LogP contribution in [0.25, 0.3) is 0 Å². The first-order chi connectivity index (χ1) is 12.1. The van der Waals surface area contributed by atoms with Gasteiger partial charge in [0.25, 0.3) is 5.91 Å². The number of benzene rings is 2. The Balaban J connectivity index is 1.45. The van der Waals surface area contributed by atoms with E-state index in [2.05, 4.69) is 17.4 Å². The lowest BCUT2D eigenvalue weighted by molar-refractivity contribution is -0.148. The van der Waals surface area contributed by atoms with E-state index in [1.165, 1.54) is 17.5 Å². The lowest BCUT2D eigenvalue weighted by atomic mass is 10.0. The van der Waals surface area contributed by atoms with Gasteiger partial charge < -0.3 is 10.1 Å². The fourth-order valence-corrected chi connectivity index (χ4v) is 3.21. The number of hydrogen-bond donors (Lipinski definition) is 1. The molecule has 4 heteroatoms. The average molecular weight is 337 g/mol. The largest absolute Gasteiger partial charge is 0.455 e. The first-order valence-electron chi connectivity index (χ1n) is 8.72. The van der Waals surface area contributed by atoms with E-state index in [0.29, 0.717) is 0 Å². The summed E-state index contributed by atoms with van der Waals surface area (Å²) in [6.45, 7) is 1.65. The molecule has 0 spiro atoms. The minimum Gasteiger partial charge on any atom is -0.455 e. The number of nitrogens with one attached hydrogen (secondary N) is 1. The third-order valence-electron chi connectivity index (χ3n) is 4.55. The summed E-state index contributed by atoms with van der Waals surface area (Å²) in [6, 6.07) is 15.7. The van der Waals surface area contributed by atoms with Gasteiger partial charge in [-0.25, -0.2) is 0 Å². The topological polar surface area (TPSA) is 55.4 Å². The highest BCUT2D eigenvalue weighted by atomic mass is 16.5. The van der Waals surface area contributed by atoms with Crippen LogP contribution >= 0.6 is 0 Å². The fraction of sp³-hybridized carbons (Fsp3) is 0.333. The number of aryl methyl sites for hydroxylation is 2. The molecule has 0 bridgehead atoms. The van der Waals surface area contributed by atoms with Crippen molar-refractivity contribution < 1.29 is 14.3 Å². The predicted molar refractivity (Wildman–Crippen MR) is 96.1 cm³/mol. The van der Waals surface area contributed by atoms with Crippen molar-refractivity contribution >= 4 is 11.9 Å². The highest BCUT2D eigenvalue weighted by Crippen LogP contribution is 2.23. The molecule has 1 amide bonds. The molecule has 25 heavy (non-hydrogen) atoms. The van der Waals surface area contributed by atoms with Gasteiger partial charge in [-0.2, -0.15) is 0 Å². The third kappa shape index (κ3) is 4.69. The Bertz CT molecular complexity index is 755. The standard InChI is InChI=1S/C21H23NO3/c1-15(17-6-3-2-4-7-17)22-20(23)14-25-21(24)13-16-10-11-18-8-5-9-19(18)12-16/h2-4,6-7,10-12,15H,5,8-9,13-14H2,1H3,(H,22,23)/t15-/m1/s1. The molecule has 1 N–H and O–H groups in total. The smallest absolute Gasteiger partial charge is 0.310 e. The zero-order valence-corrected chi connectivity index (χ0v) is 14.5. The van der Waals surface area contributed by atoms with Crippen LogP contribution in [0.4, 0.5) is 0 Å². The summed E-state index contributed by atoms with van der Waals surface area (Å²) in [5.41, 5.74) is 4.68. The highest BCUT2D eigenvalue weighted by Gasteiger charge is 2.14. The zero-order valence-electron chi connectivity index (χ0n) is 14.5. The van der Waals surface area contributed by atoms with Gasteiger partial charge in [-0.3, -0.25) is 9.59 Å². The van der Waals surface area contributed by atoms with Crippen LogP contribution in [0.2, 0.25) is 0 Å². The van der Waals surface area contributed by atoms with Gasteiger partial charge in [0, 0.05) is 0 Å². The van der Waals surface area contributed by atoms with Gasteiger partial charge in [0.15, 0.2) is 6.61 Å². The number of carbonyl (C=O) groups is 2. The minimum atomic E-state index is -0.375. The van der Waals surface area contributed by atoms with Gasteiger partial charge in [-0.05, 0) is 48.4 Å². The van der Waals surface area contributed by atoms with Crippen LogP contribution in [0.3, 0.4) is 0 Å². The molecular weight excluding hydrogens is 314 g/mol. The molecule has 0 saturated heterocycles. The third-order valence-corrected chi connectivity index (χ3v) is 4.55. The van der Waals surface area contributed by atoms with Crippen molar-refractivity contribution in [2.45, 2.75) is 38.6 Å². The van der Waals surface area contributed by atoms with Crippen molar-refractivity contribution in [3.05, 3.63) is 70.8 Å². The molecular formula is C21H23NO3. The van der Waals surface area contributed by atoms with Crippen LogP contribution < -0.4 is 5.32 Å². The van der Waals surface area contributed by atoms with E-state index in [1.54, 1.807) is 0 Å². The quantitative estimate of drug-likeness (QED) is 0.824. The van der Waals surface area contributed by atoms with E-state index >= 15 is 0 Å². The van der Waals surface area contributed by atoms with Crippen molar-refractivity contribution in [2.24, 2.45) is 0 Å². The Morgan fingerprint density at radius 1 is 1.08 bits per heavy atom. The van der Waals surface area contributed by atoms with Crippen LogP contribution in [0.5, 0.6) is 0 Å². The van der Waals surface area contributed by atoms with E-state index < -0.39 is 0 Å². The summed E-state index contributed by atoms with van der Waals surface area (Å²) in [5, 5.41) is 2.83. The summed E-state index contributed by atoms with van der Waals surface area (Å²) in [6.07, 6.45) is 3.59. The molecule has 0 saturated carbocycles. The summed E-state index contributed by atoms with van der Waals surface area (Å²) in [5.74, 6) is -0.667. The van der Waals surface area contributed by atoms with Gasteiger partial charge >= 0.3 is 5.97 Å². The molecule has 4 nitrogen and oxygen atoms in total. The first-order valence-corrected chi connectivity index (χ1v) is 8.72. The van der Waals surface area contributed by atoms with E-state index in [4.69, 9.17) is 4.74 Å². The maximum Gasteiger partial charge on any atom is 0.310 e. The Morgan fingerprint density at radius 2 is 1.84 bits per heavy atom. The lowest BCUT2D eigenvalue weighted by Crippen LogP contribution is -2.31. The molecule has 0 unspecified atom stereocenters. The van der Waals surface area contributed by atoms with Crippen LogP contribution in [-0.4, -0.2) is 18.5 Å². The van der Waals surface area contributed by atoms with Crippen molar-refractivity contribution in [2.75, 3.05) is 6.61 Å². The summed E-state index contributed by atoms with van der Waals surface area (Å²) >= 11 is 0. The number of ether oxygens (including phenoxy) is 1. The average Bonchev–Trinajstić information content (AvgIpc) is 3.08. The molecule has 0 radical (unpaired) electrons. The summed E-state index contributed by atoms with van der Waals surface area (Å²) in [7, 11) is 0. The number of amides is 1.